The van der Waals surface area contributed by atoms with Gasteiger partial charge in [0, 0.05) is 30.8 Å². The number of carbonyl (C=O) groups is 1. The number of hydrogen-bond donors (Lipinski definition) is 1. The number of anilines is 2. The van der Waals surface area contributed by atoms with Crippen molar-refractivity contribution < 1.29 is 9.53 Å². The van der Waals surface area contributed by atoms with Crippen LogP contribution in [0.5, 0.6) is 0 Å². The van der Waals surface area contributed by atoms with Gasteiger partial charge in [-0.05, 0) is 50.5 Å². The fourth-order valence-corrected chi connectivity index (χ4v) is 4.90. The van der Waals surface area contributed by atoms with Crippen LogP contribution in [0.25, 0.3) is 0 Å². The van der Waals surface area contributed by atoms with Crippen LogP contribution in [0.15, 0.2) is 42.5 Å². The Morgan fingerprint density at radius 1 is 1.18 bits per heavy atom. The van der Waals surface area contributed by atoms with Crippen LogP contribution in [-0.4, -0.2) is 41.9 Å². The number of aromatic nitrogens is 2. The van der Waals surface area contributed by atoms with Gasteiger partial charge < -0.3 is 15.0 Å². The van der Waals surface area contributed by atoms with Crippen LogP contribution < -0.4 is 10.2 Å². The van der Waals surface area contributed by atoms with Crippen LogP contribution in [0.3, 0.4) is 0 Å². The van der Waals surface area contributed by atoms with Gasteiger partial charge in [-0.3, -0.25) is 4.79 Å². The molecule has 1 heterocycles. The summed E-state index contributed by atoms with van der Waals surface area (Å²) < 4.78 is 6.02. The van der Waals surface area contributed by atoms with E-state index in [1.54, 1.807) is 6.07 Å². The van der Waals surface area contributed by atoms with Gasteiger partial charge >= 0.3 is 0 Å². The highest BCUT2D eigenvalue weighted by molar-refractivity contribution is 6.02. The smallest absolute Gasteiger partial charge is 0.276 e. The molecule has 4 rings (SSSR count). The topological polar surface area (TPSA) is 67.3 Å². The zero-order chi connectivity index (χ0) is 19.6. The zero-order valence-electron chi connectivity index (χ0n) is 16.6. The van der Waals surface area contributed by atoms with E-state index in [2.05, 4.69) is 34.4 Å². The lowest BCUT2D eigenvalue weighted by Crippen LogP contribution is -2.63. The number of amides is 1. The van der Waals surface area contributed by atoms with Crippen molar-refractivity contribution in [2.45, 2.75) is 51.2 Å². The molecule has 148 valence electrons. The van der Waals surface area contributed by atoms with Crippen molar-refractivity contribution in [2.24, 2.45) is 5.41 Å². The summed E-state index contributed by atoms with van der Waals surface area (Å²) in [7, 11) is 2.08. The molecule has 0 bridgehead atoms. The first-order valence-corrected chi connectivity index (χ1v) is 10.2. The Bertz CT molecular complexity index is 803. The molecule has 2 saturated carbocycles. The molecular formula is C22H28N4O2. The Labute approximate surface area is 166 Å². The van der Waals surface area contributed by atoms with Gasteiger partial charge in [0.25, 0.3) is 5.91 Å². The first kappa shape index (κ1) is 18.9. The first-order valence-electron chi connectivity index (χ1n) is 10.2. The largest absolute Gasteiger partial charge is 0.378 e. The fraction of sp³-hybridized carbons (Fsp3) is 0.500. The molecule has 0 aliphatic heterocycles. The van der Waals surface area contributed by atoms with Crippen LogP contribution in [-0.2, 0) is 4.74 Å². The third kappa shape index (κ3) is 3.37. The Hall–Kier alpha value is -2.47. The number of benzene rings is 1. The molecule has 1 aromatic carbocycles. The molecule has 28 heavy (non-hydrogen) atoms. The van der Waals surface area contributed by atoms with Crippen molar-refractivity contribution in [3.8, 4) is 0 Å². The molecule has 6 heteroatoms. The molecule has 0 radical (unpaired) electrons. The normalized spacial score (nSPS) is 22.6. The van der Waals surface area contributed by atoms with Gasteiger partial charge in [0.05, 0.1) is 6.10 Å². The average Bonchev–Trinajstić information content (AvgIpc) is 3.24. The van der Waals surface area contributed by atoms with E-state index < -0.39 is 0 Å². The van der Waals surface area contributed by atoms with Crippen molar-refractivity contribution in [2.75, 3.05) is 23.9 Å². The molecule has 0 saturated heterocycles. The molecule has 1 spiro atoms. The molecule has 2 atom stereocenters. The Balaban J connectivity index is 1.44. The van der Waals surface area contributed by atoms with E-state index in [0.29, 0.717) is 17.8 Å². The van der Waals surface area contributed by atoms with Gasteiger partial charge in [-0.2, -0.15) is 0 Å². The van der Waals surface area contributed by atoms with E-state index >= 15 is 0 Å². The standard InChI is InChI=1S/C22H28N4O2/c1-3-28-19-15-18(22(19)13-7-8-14-22)26(2)20-12-11-17(24-25-20)21(27)23-16-9-5-4-6-10-16/h4-6,9-12,18-19H,3,7-8,13-15H2,1-2H3,(H,23,27). The van der Waals surface area contributed by atoms with E-state index in [1.165, 1.54) is 25.7 Å². The van der Waals surface area contributed by atoms with E-state index in [1.807, 2.05) is 36.4 Å². The highest BCUT2D eigenvalue weighted by Crippen LogP contribution is 2.56. The van der Waals surface area contributed by atoms with E-state index in [9.17, 15) is 4.79 Å². The SMILES string of the molecule is CCOC1CC(N(C)c2ccc(C(=O)Nc3ccccc3)nn2)C12CCCC2. The van der Waals surface area contributed by atoms with E-state index in [0.717, 1.165) is 24.5 Å². The number of para-hydroxylation sites is 1. The summed E-state index contributed by atoms with van der Waals surface area (Å²) in [6, 6.07) is 13.4. The summed E-state index contributed by atoms with van der Waals surface area (Å²) in [6.07, 6.45) is 6.38. The minimum atomic E-state index is -0.250. The number of nitrogens with zero attached hydrogens (tertiary/aromatic N) is 3. The van der Waals surface area contributed by atoms with Crippen LogP contribution in [0.1, 0.15) is 49.5 Å². The highest BCUT2D eigenvalue weighted by Gasteiger charge is 2.58. The van der Waals surface area contributed by atoms with Crippen molar-refractivity contribution in [3.63, 3.8) is 0 Å². The second-order valence-electron chi connectivity index (χ2n) is 7.84. The molecule has 6 nitrogen and oxygen atoms in total. The van der Waals surface area contributed by atoms with E-state index in [4.69, 9.17) is 4.74 Å². The van der Waals surface area contributed by atoms with Crippen LogP contribution >= 0.6 is 0 Å². The molecule has 2 aliphatic carbocycles. The summed E-state index contributed by atoms with van der Waals surface area (Å²) >= 11 is 0. The number of nitrogens with one attached hydrogen (secondary N) is 1. The van der Waals surface area contributed by atoms with Gasteiger partial charge in [0.1, 0.15) is 0 Å². The minimum absolute atomic E-state index is 0.246. The van der Waals surface area contributed by atoms with Crippen molar-refractivity contribution in [1.29, 1.82) is 0 Å². The number of carbonyl (C=O) groups excluding carboxylic acids is 1. The molecule has 2 fully saturated rings. The van der Waals surface area contributed by atoms with Gasteiger partial charge in [-0.15, -0.1) is 10.2 Å². The number of ether oxygens (including phenoxy) is 1. The second-order valence-corrected chi connectivity index (χ2v) is 7.84. The molecule has 2 aliphatic rings. The van der Waals surface area contributed by atoms with Gasteiger partial charge in [0.2, 0.25) is 0 Å². The highest BCUT2D eigenvalue weighted by atomic mass is 16.5. The number of rotatable bonds is 6. The zero-order valence-corrected chi connectivity index (χ0v) is 16.6. The van der Waals surface area contributed by atoms with E-state index in [-0.39, 0.29) is 11.3 Å². The van der Waals surface area contributed by atoms with Gasteiger partial charge in [-0.1, -0.05) is 31.0 Å². The molecule has 2 unspecified atom stereocenters. The predicted octanol–water partition coefficient (Wildman–Crippen LogP) is 3.90. The summed E-state index contributed by atoms with van der Waals surface area (Å²) in [6.45, 7) is 2.85. The first-order chi connectivity index (χ1) is 13.6. The molecular weight excluding hydrogens is 352 g/mol. The Morgan fingerprint density at radius 2 is 1.93 bits per heavy atom. The molecule has 2 aromatic rings. The Kier molecular flexibility index (Phi) is 5.31. The van der Waals surface area contributed by atoms with Crippen molar-refractivity contribution in [3.05, 3.63) is 48.2 Å². The molecule has 1 amide bonds. The third-order valence-electron chi connectivity index (χ3n) is 6.39. The average molecular weight is 380 g/mol. The van der Waals surface area contributed by atoms with Crippen molar-refractivity contribution in [1.82, 2.24) is 10.2 Å². The summed E-state index contributed by atoms with van der Waals surface area (Å²) in [4.78, 5) is 14.6. The Morgan fingerprint density at radius 3 is 2.57 bits per heavy atom. The number of hydrogen-bond acceptors (Lipinski definition) is 5. The van der Waals surface area contributed by atoms with Crippen LogP contribution in [0.4, 0.5) is 11.5 Å². The van der Waals surface area contributed by atoms with Crippen LogP contribution in [0.2, 0.25) is 0 Å². The molecule has 1 N–H and O–H groups in total. The minimum Gasteiger partial charge on any atom is -0.378 e. The van der Waals surface area contributed by atoms with Crippen LogP contribution in [0, 0.1) is 5.41 Å². The maximum absolute atomic E-state index is 12.4. The fourth-order valence-electron chi connectivity index (χ4n) is 4.90. The predicted molar refractivity (Wildman–Crippen MR) is 110 cm³/mol. The molecule has 1 aromatic heterocycles. The summed E-state index contributed by atoms with van der Waals surface area (Å²) in [5.74, 6) is 0.558. The quantitative estimate of drug-likeness (QED) is 0.823. The maximum Gasteiger partial charge on any atom is 0.276 e. The second kappa shape index (κ2) is 7.87. The monoisotopic (exact) mass is 380 g/mol. The third-order valence-corrected chi connectivity index (χ3v) is 6.39. The lowest BCUT2D eigenvalue weighted by atomic mass is 9.60. The summed E-state index contributed by atoms with van der Waals surface area (Å²) in [5.41, 5.74) is 1.31. The lowest BCUT2D eigenvalue weighted by molar-refractivity contribution is -0.121. The van der Waals surface area contributed by atoms with Gasteiger partial charge in [0.15, 0.2) is 11.5 Å². The summed E-state index contributed by atoms with van der Waals surface area (Å²) in [5, 5.41) is 11.4. The maximum atomic E-state index is 12.4. The van der Waals surface area contributed by atoms with Gasteiger partial charge in [-0.25, -0.2) is 0 Å². The lowest BCUT2D eigenvalue weighted by Gasteiger charge is -2.57. The van der Waals surface area contributed by atoms with Crippen molar-refractivity contribution >= 4 is 17.4 Å².